The molecule has 1 aliphatic carbocycles. The third-order valence-electron chi connectivity index (χ3n) is 7.07. The van der Waals surface area contributed by atoms with Gasteiger partial charge in [-0.15, -0.1) is 0 Å². The molecule has 0 amide bonds. The lowest BCUT2D eigenvalue weighted by Gasteiger charge is -2.48. The Morgan fingerprint density at radius 3 is 2.59 bits per heavy atom. The molecule has 1 aromatic carbocycles. The van der Waals surface area contributed by atoms with Crippen molar-refractivity contribution in [2.75, 3.05) is 51.7 Å². The van der Waals surface area contributed by atoms with Crippen LogP contribution in [0.25, 0.3) is 0 Å². The largest absolute Gasteiger partial charge is 0.494 e. The fourth-order valence-electron chi connectivity index (χ4n) is 5.48. The molecule has 1 aromatic rings. The Morgan fingerprint density at radius 1 is 1.03 bits per heavy atom. The maximum Gasteiger partial charge on any atom is 0.167 e. The van der Waals surface area contributed by atoms with E-state index in [0.29, 0.717) is 17.8 Å². The summed E-state index contributed by atoms with van der Waals surface area (Å²) < 4.78 is 19.5. The van der Waals surface area contributed by atoms with Gasteiger partial charge in [0, 0.05) is 30.4 Å². The van der Waals surface area contributed by atoms with Gasteiger partial charge in [0.05, 0.1) is 27.1 Å². The van der Waals surface area contributed by atoms with Gasteiger partial charge in [-0.3, -0.25) is 14.7 Å². The fourth-order valence-corrected chi connectivity index (χ4v) is 5.48. The summed E-state index contributed by atoms with van der Waals surface area (Å²) in [7, 11) is 1.52. The number of likely N-dealkylation sites (N-methyl/N-ethyl adjacent to an activating group) is 1. The van der Waals surface area contributed by atoms with Gasteiger partial charge in [0.2, 0.25) is 0 Å². The Balaban J connectivity index is 1.51. The molecular weight excluding hydrogens is 367 g/mol. The topological polar surface area (TPSA) is 22.2 Å². The predicted octanol–water partition coefficient (Wildman–Crippen LogP) is 3.95. The third-order valence-corrected chi connectivity index (χ3v) is 7.07. The van der Waals surface area contributed by atoms with Crippen molar-refractivity contribution in [3.8, 4) is 5.75 Å². The van der Waals surface area contributed by atoms with Gasteiger partial charge in [-0.1, -0.05) is 26.2 Å². The minimum absolute atomic E-state index is 0.278. The van der Waals surface area contributed by atoms with Crippen molar-refractivity contribution < 1.29 is 9.13 Å². The molecule has 0 radical (unpaired) electrons. The number of benzene rings is 1. The maximum atomic E-state index is 14.4. The number of anilines is 1. The third kappa shape index (κ3) is 4.86. The molecule has 1 saturated carbocycles. The molecule has 4 rings (SSSR count). The van der Waals surface area contributed by atoms with Gasteiger partial charge >= 0.3 is 0 Å². The van der Waals surface area contributed by atoms with Crippen LogP contribution in [-0.2, 0) is 0 Å². The zero-order valence-electron chi connectivity index (χ0n) is 18.2. The fraction of sp³-hybridized carbons (Fsp3) is 0.739. The summed E-state index contributed by atoms with van der Waals surface area (Å²) in [6.45, 7) is 8.53. The second kappa shape index (κ2) is 9.63. The Bertz CT molecular complexity index is 666. The first-order valence-electron chi connectivity index (χ1n) is 11.5. The van der Waals surface area contributed by atoms with Crippen LogP contribution < -0.4 is 9.64 Å². The molecule has 29 heavy (non-hydrogen) atoms. The SMILES string of the molecule is CCN1CCCC1CN1CN(c2ccc(OC)c(F)c2)CN(C2CCCCC2)C1. The van der Waals surface area contributed by atoms with Gasteiger partial charge in [0.15, 0.2) is 11.6 Å². The number of rotatable bonds is 6. The summed E-state index contributed by atoms with van der Waals surface area (Å²) in [5.41, 5.74) is 0.951. The van der Waals surface area contributed by atoms with Crippen LogP contribution in [0, 0.1) is 5.82 Å². The molecule has 2 aliphatic heterocycles. The van der Waals surface area contributed by atoms with E-state index in [1.165, 1.54) is 58.6 Å². The number of nitrogens with zero attached hydrogens (tertiary/aromatic N) is 4. The van der Waals surface area contributed by atoms with Crippen LogP contribution >= 0.6 is 0 Å². The van der Waals surface area contributed by atoms with Gasteiger partial charge in [-0.05, 0) is 50.9 Å². The van der Waals surface area contributed by atoms with Crippen LogP contribution in [0.4, 0.5) is 10.1 Å². The van der Waals surface area contributed by atoms with E-state index in [1.54, 1.807) is 12.1 Å². The normalized spacial score (nSPS) is 25.6. The van der Waals surface area contributed by atoms with Crippen molar-refractivity contribution >= 4 is 5.69 Å². The first kappa shape index (κ1) is 20.9. The summed E-state index contributed by atoms with van der Waals surface area (Å²) in [5.74, 6) is 0.0376. The van der Waals surface area contributed by atoms with Crippen LogP contribution in [0.3, 0.4) is 0 Å². The zero-order valence-corrected chi connectivity index (χ0v) is 18.2. The highest BCUT2D eigenvalue weighted by Crippen LogP contribution is 2.29. The summed E-state index contributed by atoms with van der Waals surface area (Å²) in [5, 5.41) is 0. The van der Waals surface area contributed by atoms with Gasteiger partial charge in [0.1, 0.15) is 0 Å². The molecule has 162 valence electrons. The molecule has 3 aliphatic rings. The molecule has 6 heteroatoms. The Kier molecular flexibility index (Phi) is 6.93. The molecule has 0 N–H and O–H groups in total. The number of hydrogen-bond acceptors (Lipinski definition) is 5. The van der Waals surface area contributed by atoms with Crippen LogP contribution in [0.1, 0.15) is 51.9 Å². The van der Waals surface area contributed by atoms with Gasteiger partial charge in [-0.25, -0.2) is 4.39 Å². The quantitative estimate of drug-likeness (QED) is 0.714. The number of halogens is 1. The Morgan fingerprint density at radius 2 is 1.86 bits per heavy atom. The average Bonchev–Trinajstić information content (AvgIpc) is 3.21. The molecular formula is C23H37FN4O. The van der Waals surface area contributed by atoms with Gasteiger partial charge in [-0.2, -0.15) is 0 Å². The number of likely N-dealkylation sites (tertiary alicyclic amines) is 1. The van der Waals surface area contributed by atoms with E-state index in [9.17, 15) is 4.39 Å². The van der Waals surface area contributed by atoms with Crippen molar-refractivity contribution in [2.45, 2.75) is 64.0 Å². The van der Waals surface area contributed by atoms with Crippen molar-refractivity contribution in [3.05, 3.63) is 24.0 Å². The van der Waals surface area contributed by atoms with Crippen molar-refractivity contribution in [1.82, 2.24) is 14.7 Å². The van der Waals surface area contributed by atoms with E-state index in [2.05, 4.69) is 26.5 Å². The van der Waals surface area contributed by atoms with E-state index in [-0.39, 0.29) is 5.82 Å². The minimum Gasteiger partial charge on any atom is -0.494 e. The smallest absolute Gasteiger partial charge is 0.167 e. The molecule has 5 nitrogen and oxygen atoms in total. The molecule has 1 atom stereocenters. The lowest BCUT2D eigenvalue weighted by Crippen LogP contribution is -2.60. The highest BCUT2D eigenvalue weighted by atomic mass is 19.1. The van der Waals surface area contributed by atoms with Crippen molar-refractivity contribution in [1.29, 1.82) is 0 Å². The molecule has 2 heterocycles. The number of methoxy groups -OCH3 is 1. The maximum absolute atomic E-state index is 14.4. The second-order valence-electron chi connectivity index (χ2n) is 8.94. The monoisotopic (exact) mass is 404 g/mol. The highest BCUT2D eigenvalue weighted by Gasteiger charge is 2.33. The molecule has 3 fully saturated rings. The summed E-state index contributed by atoms with van der Waals surface area (Å²) in [6, 6.07) is 6.70. The highest BCUT2D eigenvalue weighted by molar-refractivity contribution is 5.50. The predicted molar refractivity (Wildman–Crippen MR) is 116 cm³/mol. The van der Waals surface area contributed by atoms with E-state index in [1.807, 2.05) is 6.07 Å². The molecule has 0 aromatic heterocycles. The minimum atomic E-state index is -0.278. The van der Waals surface area contributed by atoms with Crippen LogP contribution in [-0.4, -0.2) is 73.5 Å². The van der Waals surface area contributed by atoms with E-state index in [4.69, 9.17) is 4.74 Å². The van der Waals surface area contributed by atoms with E-state index >= 15 is 0 Å². The van der Waals surface area contributed by atoms with Crippen molar-refractivity contribution in [3.63, 3.8) is 0 Å². The van der Waals surface area contributed by atoms with Gasteiger partial charge < -0.3 is 9.64 Å². The van der Waals surface area contributed by atoms with E-state index < -0.39 is 0 Å². The summed E-state index contributed by atoms with van der Waals surface area (Å²) >= 11 is 0. The second-order valence-corrected chi connectivity index (χ2v) is 8.94. The summed E-state index contributed by atoms with van der Waals surface area (Å²) in [4.78, 5) is 10.2. The van der Waals surface area contributed by atoms with Crippen molar-refractivity contribution in [2.24, 2.45) is 0 Å². The van der Waals surface area contributed by atoms with E-state index in [0.717, 1.165) is 38.8 Å². The molecule has 2 saturated heterocycles. The van der Waals surface area contributed by atoms with Gasteiger partial charge in [0.25, 0.3) is 0 Å². The Hall–Kier alpha value is -1.37. The standard InChI is InChI=1S/C23H37FN4O/c1-3-26-13-7-10-21(26)15-25-16-27(19-8-5-4-6-9-19)18-28(17-25)20-11-12-23(29-2)22(24)14-20/h11-12,14,19,21H,3-10,13,15-18H2,1-2H3. The Labute approximate surface area is 175 Å². The first-order valence-corrected chi connectivity index (χ1v) is 11.5. The average molecular weight is 405 g/mol. The first-order chi connectivity index (χ1) is 14.2. The zero-order chi connectivity index (χ0) is 20.2. The van der Waals surface area contributed by atoms with Crippen LogP contribution in [0.15, 0.2) is 18.2 Å². The molecule has 1 unspecified atom stereocenters. The lowest BCUT2D eigenvalue weighted by molar-refractivity contribution is 0.0273. The van der Waals surface area contributed by atoms with Crippen LogP contribution in [0.2, 0.25) is 0 Å². The summed E-state index contributed by atoms with van der Waals surface area (Å²) in [6.07, 6.45) is 9.24. The molecule has 0 bridgehead atoms. The number of ether oxygens (including phenoxy) is 1. The number of hydrogen-bond donors (Lipinski definition) is 0. The molecule has 0 spiro atoms. The van der Waals surface area contributed by atoms with Crippen LogP contribution in [0.5, 0.6) is 5.75 Å². The lowest BCUT2D eigenvalue weighted by atomic mass is 9.94.